The summed E-state index contributed by atoms with van der Waals surface area (Å²) in [6, 6.07) is 11.5. The molecule has 0 aliphatic carbocycles. The zero-order valence-electron chi connectivity index (χ0n) is 17.7. The van der Waals surface area contributed by atoms with E-state index < -0.39 is 23.4 Å². The molecule has 1 aromatic heterocycles. The third-order valence-corrected chi connectivity index (χ3v) is 4.27. The molecule has 10 heteroatoms. The van der Waals surface area contributed by atoms with Crippen molar-refractivity contribution in [1.29, 1.82) is 5.26 Å². The van der Waals surface area contributed by atoms with Gasteiger partial charge in [-0.3, -0.25) is 0 Å². The number of halogens is 3. The van der Waals surface area contributed by atoms with Gasteiger partial charge in [0.05, 0.1) is 29.0 Å². The highest BCUT2D eigenvalue weighted by atomic mass is 19.4. The first-order valence-corrected chi connectivity index (χ1v) is 9.64. The summed E-state index contributed by atoms with van der Waals surface area (Å²) in [4.78, 5) is 12.0. The number of aromatic nitrogens is 2. The van der Waals surface area contributed by atoms with E-state index in [0.717, 1.165) is 12.1 Å². The summed E-state index contributed by atoms with van der Waals surface area (Å²) in [7, 11) is 0. The summed E-state index contributed by atoms with van der Waals surface area (Å²) < 4.78 is 50.8. The topological polar surface area (TPSA) is 89.2 Å². The third-order valence-electron chi connectivity index (χ3n) is 4.27. The first-order valence-electron chi connectivity index (χ1n) is 9.64. The van der Waals surface area contributed by atoms with E-state index in [1.54, 1.807) is 39.0 Å². The zero-order chi connectivity index (χ0) is 23.5. The molecule has 0 atom stereocenters. The highest BCUT2D eigenvalue weighted by Gasteiger charge is 2.30. The molecule has 1 N–H and O–H groups in total. The third kappa shape index (κ3) is 5.49. The van der Waals surface area contributed by atoms with Gasteiger partial charge in [-0.05, 0) is 63.2 Å². The van der Waals surface area contributed by atoms with Crippen LogP contribution in [0.15, 0.2) is 42.5 Å². The minimum Gasteiger partial charge on any atom is -0.479 e. The first-order chi connectivity index (χ1) is 15.0. The lowest BCUT2D eigenvalue weighted by Gasteiger charge is -2.19. The number of nitriles is 1. The van der Waals surface area contributed by atoms with E-state index in [4.69, 9.17) is 14.7 Å². The van der Waals surface area contributed by atoms with E-state index in [0.29, 0.717) is 28.0 Å². The van der Waals surface area contributed by atoms with Crippen LogP contribution in [0.4, 0.5) is 18.0 Å². The molecule has 1 heterocycles. The first kappa shape index (κ1) is 22.9. The van der Waals surface area contributed by atoms with Gasteiger partial charge in [0.25, 0.3) is 0 Å². The SMILES string of the molecule is CC(C)(C)OC(=O)NCc1nn(-c2ccc(C(F)(F)F)cc2)c2ccc(OCC#N)cc12. The standard InChI is InChI=1S/C22H21F3N4O3/c1-21(2,3)32-20(30)27-13-18-17-12-16(31-11-10-26)8-9-19(17)29(28-18)15-6-4-14(5-7-15)22(23,24)25/h4-9,12H,11,13H2,1-3H3,(H,27,30). The number of rotatable bonds is 5. The monoisotopic (exact) mass is 446 g/mol. The average Bonchev–Trinajstić information content (AvgIpc) is 3.07. The summed E-state index contributed by atoms with van der Waals surface area (Å²) in [5, 5.41) is 16.5. The van der Waals surface area contributed by atoms with Crippen molar-refractivity contribution in [3.63, 3.8) is 0 Å². The van der Waals surface area contributed by atoms with E-state index in [1.807, 2.05) is 6.07 Å². The second-order valence-electron chi connectivity index (χ2n) is 7.88. The lowest BCUT2D eigenvalue weighted by Crippen LogP contribution is -2.32. The van der Waals surface area contributed by atoms with Gasteiger partial charge in [0, 0.05) is 5.39 Å². The second-order valence-corrected chi connectivity index (χ2v) is 7.88. The largest absolute Gasteiger partial charge is 0.479 e. The summed E-state index contributed by atoms with van der Waals surface area (Å²) >= 11 is 0. The number of hydrogen-bond acceptors (Lipinski definition) is 5. The van der Waals surface area contributed by atoms with Crippen molar-refractivity contribution in [2.45, 2.75) is 39.1 Å². The highest BCUT2D eigenvalue weighted by Crippen LogP contribution is 2.31. The predicted octanol–water partition coefficient (Wildman–Crippen LogP) is 4.97. The van der Waals surface area contributed by atoms with Gasteiger partial charge in [-0.15, -0.1) is 0 Å². The average molecular weight is 446 g/mol. The van der Waals surface area contributed by atoms with Crippen LogP contribution in [0.3, 0.4) is 0 Å². The molecule has 0 aliphatic heterocycles. The van der Waals surface area contributed by atoms with Crippen LogP contribution in [0.5, 0.6) is 5.75 Å². The Morgan fingerprint density at radius 3 is 2.44 bits per heavy atom. The van der Waals surface area contributed by atoms with Gasteiger partial charge in [0.1, 0.15) is 17.4 Å². The van der Waals surface area contributed by atoms with Gasteiger partial charge >= 0.3 is 12.3 Å². The number of amides is 1. The van der Waals surface area contributed by atoms with Crippen LogP contribution in [0.25, 0.3) is 16.6 Å². The smallest absolute Gasteiger partial charge is 0.416 e. The van der Waals surface area contributed by atoms with Crippen LogP contribution < -0.4 is 10.1 Å². The molecular weight excluding hydrogens is 425 g/mol. The number of nitrogens with zero attached hydrogens (tertiary/aromatic N) is 3. The normalized spacial score (nSPS) is 11.8. The summed E-state index contributed by atoms with van der Waals surface area (Å²) in [6.07, 6.45) is -5.08. The van der Waals surface area contributed by atoms with E-state index in [9.17, 15) is 18.0 Å². The van der Waals surface area contributed by atoms with Crippen molar-refractivity contribution < 1.29 is 27.4 Å². The molecule has 32 heavy (non-hydrogen) atoms. The highest BCUT2D eigenvalue weighted by molar-refractivity contribution is 5.85. The van der Waals surface area contributed by atoms with Crippen molar-refractivity contribution in [3.05, 3.63) is 53.7 Å². The Morgan fingerprint density at radius 2 is 1.84 bits per heavy atom. The van der Waals surface area contributed by atoms with E-state index in [-0.39, 0.29) is 13.2 Å². The molecule has 0 unspecified atom stereocenters. The number of hydrogen-bond donors (Lipinski definition) is 1. The number of carbonyl (C=O) groups is 1. The predicted molar refractivity (Wildman–Crippen MR) is 110 cm³/mol. The lowest BCUT2D eigenvalue weighted by atomic mass is 10.1. The van der Waals surface area contributed by atoms with Crippen LogP contribution in [0.2, 0.25) is 0 Å². The molecule has 0 aliphatic rings. The van der Waals surface area contributed by atoms with Crippen LogP contribution >= 0.6 is 0 Å². The quantitative estimate of drug-likeness (QED) is 0.598. The van der Waals surface area contributed by atoms with E-state index in [1.165, 1.54) is 16.8 Å². The van der Waals surface area contributed by atoms with Crippen molar-refractivity contribution >= 4 is 17.0 Å². The van der Waals surface area contributed by atoms with Crippen LogP contribution in [0, 0.1) is 11.3 Å². The Bertz CT molecular complexity index is 1160. The summed E-state index contributed by atoms with van der Waals surface area (Å²) in [5.74, 6) is 0.421. The van der Waals surface area contributed by atoms with Gasteiger partial charge in [-0.25, -0.2) is 9.48 Å². The molecule has 0 saturated carbocycles. The van der Waals surface area contributed by atoms with Gasteiger partial charge in [-0.1, -0.05) is 0 Å². The molecule has 0 bridgehead atoms. The summed E-state index contributed by atoms with van der Waals surface area (Å²) in [6.45, 7) is 5.07. The summed E-state index contributed by atoms with van der Waals surface area (Å²) in [5.41, 5.74) is 0.0153. The Kier molecular flexibility index (Phi) is 6.30. The Balaban J connectivity index is 1.98. The molecule has 7 nitrogen and oxygen atoms in total. The Morgan fingerprint density at radius 1 is 1.16 bits per heavy atom. The maximum absolute atomic E-state index is 12.9. The lowest BCUT2D eigenvalue weighted by molar-refractivity contribution is -0.137. The van der Waals surface area contributed by atoms with Crippen molar-refractivity contribution in [1.82, 2.24) is 15.1 Å². The molecule has 0 fully saturated rings. The molecule has 0 spiro atoms. The number of nitrogens with one attached hydrogen (secondary N) is 1. The van der Waals surface area contributed by atoms with Gasteiger partial charge < -0.3 is 14.8 Å². The number of carbonyl (C=O) groups excluding carboxylic acids is 1. The van der Waals surface area contributed by atoms with Gasteiger partial charge in [-0.2, -0.15) is 23.5 Å². The number of benzene rings is 2. The van der Waals surface area contributed by atoms with Crippen molar-refractivity contribution in [3.8, 4) is 17.5 Å². The maximum Gasteiger partial charge on any atom is 0.416 e. The second kappa shape index (κ2) is 8.78. The number of alkyl carbamates (subject to hydrolysis) is 1. The number of alkyl halides is 3. The van der Waals surface area contributed by atoms with Gasteiger partial charge in [0.15, 0.2) is 6.61 Å². The van der Waals surface area contributed by atoms with Crippen LogP contribution in [0.1, 0.15) is 32.0 Å². The van der Waals surface area contributed by atoms with Crippen LogP contribution in [-0.4, -0.2) is 28.1 Å². The molecular formula is C22H21F3N4O3. The minimum atomic E-state index is -4.44. The fraction of sp³-hybridized carbons (Fsp3) is 0.318. The molecule has 3 rings (SSSR count). The van der Waals surface area contributed by atoms with Gasteiger partial charge in [0.2, 0.25) is 0 Å². The number of ether oxygens (including phenoxy) is 2. The molecule has 0 radical (unpaired) electrons. The molecule has 3 aromatic rings. The fourth-order valence-electron chi connectivity index (χ4n) is 2.95. The van der Waals surface area contributed by atoms with E-state index >= 15 is 0 Å². The molecule has 168 valence electrons. The van der Waals surface area contributed by atoms with E-state index in [2.05, 4.69) is 10.4 Å². The molecule has 1 amide bonds. The van der Waals surface area contributed by atoms with Crippen LogP contribution in [-0.2, 0) is 17.5 Å². The minimum absolute atomic E-state index is 0.0146. The molecule has 0 saturated heterocycles. The number of fused-ring (bicyclic) bond motifs is 1. The fourth-order valence-corrected chi connectivity index (χ4v) is 2.95. The zero-order valence-corrected chi connectivity index (χ0v) is 17.7. The Labute approximate surface area is 182 Å². The maximum atomic E-state index is 12.9. The van der Waals surface area contributed by atoms with Crippen molar-refractivity contribution in [2.75, 3.05) is 6.61 Å². The Hall–Kier alpha value is -3.74. The van der Waals surface area contributed by atoms with Crippen molar-refractivity contribution in [2.24, 2.45) is 0 Å². The molecule has 2 aromatic carbocycles.